The van der Waals surface area contributed by atoms with Gasteiger partial charge in [0.1, 0.15) is 6.61 Å². The SMILES string of the molecule is COc1cc(C=NNC(=O)C(=O)Nc2ccccc2C(=O)Nc2cccc(C)c2)ccc1OCc1ccccc1. The number of anilines is 2. The molecule has 4 rings (SSSR count). The fourth-order valence-corrected chi connectivity index (χ4v) is 3.73. The average molecular weight is 537 g/mol. The smallest absolute Gasteiger partial charge is 0.329 e. The van der Waals surface area contributed by atoms with E-state index in [1.54, 1.807) is 42.5 Å². The number of amides is 3. The Morgan fingerprint density at radius 2 is 1.57 bits per heavy atom. The topological polar surface area (TPSA) is 118 Å². The van der Waals surface area contributed by atoms with Gasteiger partial charge in [0.2, 0.25) is 0 Å². The summed E-state index contributed by atoms with van der Waals surface area (Å²) in [7, 11) is 1.52. The maximum atomic E-state index is 12.8. The number of ether oxygens (including phenoxy) is 2. The number of methoxy groups -OCH3 is 1. The fraction of sp³-hybridized carbons (Fsp3) is 0.0968. The maximum absolute atomic E-state index is 12.8. The van der Waals surface area contributed by atoms with Crippen molar-refractivity contribution in [2.45, 2.75) is 13.5 Å². The molecule has 0 bridgehead atoms. The third kappa shape index (κ3) is 7.55. The molecule has 4 aromatic carbocycles. The highest BCUT2D eigenvalue weighted by molar-refractivity contribution is 6.40. The van der Waals surface area contributed by atoms with Crippen LogP contribution in [0.4, 0.5) is 11.4 Å². The number of aryl methyl sites for hydroxylation is 1. The Balaban J connectivity index is 1.34. The summed E-state index contributed by atoms with van der Waals surface area (Å²) >= 11 is 0. The average Bonchev–Trinajstić information content (AvgIpc) is 2.97. The van der Waals surface area contributed by atoms with Crippen LogP contribution in [0.1, 0.15) is 27.0 Å². The molecule has 9 nitrogen and oxygen atoms in total. The number of carbonyl (C=O) groups is 3. The molecule has 0 saturated heterocycles. The minimum Gasteiger partial charge on any atom is -0.493 e. The van der Waals surface area contributed by atoms with Crippen LogP contribution in [0.5, 0.6) is 11.5 Å². The summed E-state index contributed by atoms with van der Waals surface area (Å²) in [6.07, 6.45) is 1.37. The Morgan fingerprint density at radius 3 is 2.35 bits per heavy atom. The van der Waals surface area contributed by atoms with E-state index in [2.05, 4.69) is 21.2 Å². The van der Waals surface area contributed by atoms with Crippen molar-refractivity contribution in [2.75, 3.05) is 17.7 Å². The largest absolute Gasteiger partial charge is 0.493 e. The zero-order valence-electron chi connectivity index (χ0n) is 22.0. The lowest BCUT2D eigenvalue weighted by atomic mass is 10.1. The van der Waals surface area contributed by atoms with Gasteiger partial charge < -0.3 is 20.1 Å². The zero-order chi connectivity index (χ0) is 28.3. The quantitative estimate of drug-likeness (QED) is 0.159. The minimum absolute atomic E-state index is 0.188. The van der Waals surface area contributed by atoms with Crippen molar-refractivity contribution in [3.05, 3.63) is 119 Å². The molecule has 0 spiro atoms. The van der Waals surface area contributed by atoms with E-state index in [1.807, 2.05) is 55.5 Å². The van der Waals surface area contributed by atoms with Crippen LogP contribution in [0.25, 0.3) is 0 Å². The number of nitrogens with zero attached hydrogens (tertiary/aromatic N) is 1. The van der Waals surface area contributed by atoms with Crippen LogP contribution < -0.4 is 25.5 Å². The predicted molar refractivity (Wildman–Crippen MR) is 154 cm³/mol. The Kier molecular flexibility index (Phi) is 9.23. The van der Waals surface area contributed by atoms with E-state index >= 15 is 0 Å². The molecular formula is C31H28N4O5. The van der Waals surface area contributed by atoms with Crippen molar-refractivity contribution in [3.8, 4) is 11.5 Å². The van der Waals surface area contributed by atoms with Crippen molar-refractivity contribution in [1.29, 1.82) is 0 Å². The standard InChI is InChI=1S/C31H28N4O5/c1-21-9-8-12-24(17-21)33-29(36)25-13-6-7-14-26(25)34-30(37)31(38)35-32-19-23-15-16-27(28(18-23)39-2)40-20-22-10-4-3-5-11-22/h3-19H,20H2,1-2H3,(H,33,36)(H,34,37)(H,35,38). The number of hydrazone groups is 1. The Labute approximate surface area is 231 Å². The van der Waals surface area contributed by atoms with Crippen molar-refractivity contribution in [2.24, 2.45) is 5.10 Å². The van der Waals surface area contributed by atoms with E-state index in [1.165, 1.54) is 19.4 Å². The first-order valence-corrected chi connectivity index (χ1v) is 12.4. The van der Waals surface area contributed by atoms with Crippen molar-refractivity contribution < 1.29 is 23.9 Å². The molecule has 0 radical (unpaired) electrons. The lowest BCUT2D eigenvalue weighted by molar-refractivity contribution is -0.136. The third-order valence-corrected chi connectivity index (χ3v) is 5.71. The van der Waals surface area contributed by atoms with Crippen LogP contribution in [-0.4, -0.2) is 31.0 Å². The molecular weight excluding hydrogens is 508 g/mol. The molecule has 4 aromatic rings. The summed E-state index contributed by atoms with van der Waals surface area (Å²) in [6.45, 7) is 2.30. The summed E-state index contributed by atoms with van der Waals surface area (Å²) in [5.74, 6) is -1.36. The molecule has 3 amide bonds. The second kappa shape index (κ2) is 13.4. The highest BCUT2D eigenvalue weighted by Crippen LogP contribution is 2.28. The van der Waals surface area contributed by atoms with Gasteiger partial charge in [-0.3, -0.25) is 14.4 Å². The fourth-order valence-electron chi connectivity index (χ4n) is 3.73. The number of nitrogens with one attached hydrogen (secondary N) is 3. The van der Waals surface area contributed by atoms with Crippen LogP contribution in [0.3, 0.4) is 0 Å². The van der Waals surface area contributed by atoms with E-state index in [0.717, 1.165) is 11.1 Å². The Morgan fingerprint density at radius 1 is 0.800 bits per heavy atom. The van der Waals surface area contributed by atoms with Gasteiger partial charge in [-0.25, -0.2) is 5.43 Å². The number of carbonyl (C=O) groups excluding carboxylic acids is 3. The number of rotatable bonds is 9. The number of para-hydroxylation sites is 1. The van der Waals surface area contributed by atoms with Gasteiger partial charge in [0.25, 0.3) is 5.91 Å². The van der Waals surface area contributed by atoms with E-state index in [0.29, 0.717) is 29.4 Å². The third-order valence-electron chi connectivity index (χ3n) is 5.71. The lowest BCUT2D eigenvalue weighted by Gasteiger charge is -2.11. The molecule has 0 atom stereocenters. The molecule has 40 heavy (non-hydrogen) atoms. The molecule has 0 unspecified atom stereocenters. The molecule has 3 N–H and O–H groups in total. The van der Waals surface area contributed by atoms with Crippen LogP contribution in [-0.2, 0) is 16.2 Å². The van der Waals surface area contributed by atoms with Crippen LogP contribution in [0, 0.1) is 6.92 Å². The van der Waals surface area contributed by atoms with Gasteiger partial charge in [0, 0.05) is 5.69 Å². The summed E-state index contributed by atoms with van der Waals surface area (Å²) in [6, 6.07) is 28.6. The first-order valence-electron chi connectivity index (χ1n) is 12.4. The maximum Gasteiger partial charge on any atom is 0.329 e. The molecule has 202 valence electrons. The first-order chi connectivity index (χ1) is 19.4. The van der Waals surface area contributed by atoms with Crippen molar-refractivity contribution in [3.63, 3.8) is 0 Å². The zero-order valence-corrected chi connectivity index (χ0v) is 22.0. The van der Waals surface area contributed by atoms with Gasteiger partial charge in [-0.15, -0.1) is 0 Å². The second-order valence-corrected chi connectivity index (χ2v) is 8.71. The molecule has 0 heterocycles. The summed E-state index contributed by atoms with van der Waals surface area (Å²) in [4.78, 5) is 37.7. The summed E-state index contributed by atoms with van der Waals surface area (Å²) < 4.78 is 11.3. The highest BCUT2D eigenvalue weighted by atomic mass is 16.5. The van der Waals surface area contributed by atoms with Gasteiger partial charge in [-0.05, 0) is 66.1 Å². The first kappa shape index (κ1) is 27.6. The number of hydrogen-bond acceptors (Lipinski definition) is 6. The molecule has 0 aliphatic rings. The van der Waals surface area contributed by atoms with E-state index < -0.39 is 17.7 Å². The summed E-state index contributed by atoms with van der Waals surface area (Å²) in [5.41, 5.74) is 5.82. The van der Waals surface area contributed by atoms with Gasteiger partial charge >= 0.3 is 11.8 Å². The molecule has 9 heteroatoms. The highest BCUT2D eigenvalue weighted by Gasteiger charge is 2.18. The van der Waals surface area contributed by atoms with Crippen LogP contribution >= 0.6 is 0 Å². The van der Waals surface area contributed by atoms with Gasteiger partial charge in [0.05, 0.1) is 24.6 Å². The van der Waals surface area contributed by atoms with Gasteiger partial charge in [-0.2, -0.15) is 5.10 Å². The molecule has 0 aliphatic carbocycles. The number of hydrogen-bond donors (Lipinski definition) is 3. The number of benzene rings is 4. The van der Waals surface area contributed by atoms with Crippen LogP contribution in [0.15, 0.2) is 102 Å². The molecule has 0 aromatic heterocycles. The predicted octanol–water partition coefficient (Wildman–Crippen LogP) is 4.92. The van der Waals surface area contributed by atoms with Gasteiger partial charge in [0.15, 0.2) is 11.5 Å². The normalized spacial score (nSPS) is 10.6. The van der Waals surface area contributed by atoms with E-state index in [4.69, 9.17) is 9.47 Å². The molecule has 0 fully saturated rings. The van der Waals surface area contributed by atoms with E-state index in [9.17, 15) is 14.4 Å². The second-order valence-electron chi connectivity index (χ2n) is 8.71. The minimum atomic E-state index is -1.00. The monoisotopic (exact) mass is 536 g/mol. The molecule has 0 aliphatic heterocycles. The van der Waals surface area contributed by atoms with Crippen molar-refractivity contribution in [1.82, 2.24) is 5.43 Å². The van der Waals surface area contributed by atoms with Crippen LogP contribution in [0.2, 0.25) is 0 Å². The van der Waals surface area contributed by atoms with E-state index in [-0.39, 0.29) is 11.3 Å². The molecule has 0 saturated carbocycles. The van der Waals surface area contributed by atoms with Gasteiger partial charge in [-0.1, -0.05) is 54.6 Å². The lowest BCUT2D eigenvalue weighted by Crippen LogP contribution is -2.33. The Hall–Kier alpha value is -5.44. The summed E-state index contributed by atoms with van der Waals surface area (Å²) in [5, 5.41) is 9.12. The van der Waals surface area contributed by atoms with Crippen molar-refractivity contribution >= 4 is 35.3 Å². The Bertz CT molecular complexity index is 1540.